The molecule has 9 nitrogen and oxygen atoms in total. The molecule has 0 aliphatic heterocycles. The van der Waals surface area contributed by atoms with E-state index in [4.69, 9.17) is 20.0 Å². The molecule has 2 N–H and O–H groups in total. The molecule has 1 saturated carbocycles. The number of aliphatic hydroxyl groups is 1. The lowest BCUT2D eigenvalue weighted by Gasteiger charge is -2.21. The number of hydrogen-bond donors (Lipinski definition) is 2. The Labute approximate surface area is 204 Å². The highest BCUT2D eigenvalue weighted by molar-refractivity contribution is 5.96. The summed E-state index contributed by atoms with van der Waals surface area (Å²) in [6.07, 6.45) is 2.36. The molecule has 0 atom stereocenters. The number of aromatic nitrogens is 4. The van der Waals surface area contributed by atoms with Gasteiger partial charge in [-0.2, -0.15) is 4.52 Å². The number of ether oxygens (including phenoxy) is 2. The van der Waals surface area contributed by atoms with E-state index in [1.54, 1.807) is 6.07 Å². The van der Waals surface area contributed by atoms with E-state index >= 15 is 0 Å². The third-order valence-corrected chi connectivity index (χ3v) is 5.66. The molecule has 0 unspecified atom stereocenters. The molecule has 34 heavy (non-hydrogen) atoms. The molecule has 0 radical (unpaired) electrons. The highest BCUT2D eigenvalue weighted by atomic mass is 35.5. The second-order valence-electron chi connectivity index (χ2n) is 9.63. The summed E-state index contributed by atoms with van der Waals surface area (Å²) in [4.78, 5) is 13.2. The fourth-order valence-corrected chi connectivity index (χ4v) is 3.47. The Bertz CT molecular complexity index is 1240. The summed E-state index contributed by atoms with van der Waals surface area (Å²) in [6.45, 7) is 8.62. The van der Waals surface area contributed by atoms with Crippen LogP contribution in [0.4, 0.5) is 0 Å². The normalized spacial score (nSPS) is 13.6. The number of fused-ring (bicyclic) bond motifs is 1. The standard InChI is InChI=1S/C24H31N5O4.ClH/c1-15-9-21(33-14-16-5-6-16)26-29-22(15)27-28(23(29)25)13-20(31)17-10-18(24(2,3)4)12-19(11-17)32-8-7-30;/h9-12,16,25,30H,5-8,13-14H2,1-4H3;1H. The number of halogens is 1. The molecule has 3 aromatic rings. The maximum Gasteiger partial charge on any atom is 0.242 e. The molecule has 2 aromatic heterocycles. The molecule has 184 valence electrons. The molecule has 2 heterocycles. The maximum absolute atomic E-state index is 13.2. The smallest absolute Gasteiger partial charge is 0.242 e. The van der Waals surface area contributed by atoms with E-state index in [1.807, 2.05) is 25.1 Å². The number of ketones is 1. The van der Waals surface area contributed by atoms with Gasteiger partial charge in [-0.1, -0.05) is 20.8 Å². The van der Waals surface area contributed by atoms with Crippen molar-refractivity contribution in [3.8, 4) is 11.6 Å². The number of carbonyl (C=O) groups excluding carboxylic acids is 1. The van der Waals surface area contributed by atoms with Crippen LogP contribution in [0, 0.1) is 18.3 Å². The van der Waals surface area contributed by atoms with Gasteiger partial charge in [0.25, 0.3) is 0 Å². The van der Waals surface area contributed by atoms with Crippen LogP contribution in [-0.4, -0.2) is 50.1 Å². The van der Waals surface area contributed by atoms with Crippen LogP contribution in [0.25, 0.3) is 5.65 Å². The van der Waals surface area contributed by atoms with Crippen molar-refractivity contribution in [3.63, 3.8) is 0 Å². The van der Waals surface area contributed by atoms with E-state index in [9.17, 15) is 4.79 Å². The molecule has 0 spiro atoms. The van der Waals surface area contributed by atoms with Gasteiger partial charge in [0.2, 0.25) is 11.5 Å². The van der Waals surface area contributed by atoms with E-state index in [0.29, 0.717) is 35.4 Å². The summed E-state index contributed by atoms with van der Waals surface area (Å²) in [6, 6.07) is 7.22. The summed E-state index contributed by atoms with van der Waals surface area (Å²) in [5.74, 6) is 1.39. The summed E-state index contributed by atoms with van der Waals surface area (Å²) >= 11 is 0. The van der Waals surface area contributed by atoms with Crippen LogP contribution in [-0.2, 0) is 12.0 Å². The third-order valence-electron chi connectivity index (χ3n) is 5.66. The van der Waals surface area contributed by atoms with Crippen molar-refractivity contribution >= 4 is 23.8 Å². The number of rotatable bonds is 9. The van der Waals surface area contributed by atoms with Crippen LogP contribution < -0.4 is 15.1 Å². The van der Waals surface area contributed by atoms with Gasteiger partial charge in [-0.05, 0) is 54.9 Å². The van der Waals surface area contributed by atoms with Gasteiger partial charge >= 0.3 is 0 Å². The van der Waals surface area contributed by atoms with Gasteiger partial charge in [0.15, 0.2) is 11.4 Å². The predicted octanol–water partition coefficient (Wildman–Crippen LogP) is 3.08. The first kappa shape index (κ1) is 25.7. The highest BCUT2D eigenvalue weighted by Gasteiger charge is 2.23. The first-order valence-electron chi connectivity index (χ1n) is 11.2. The van der Waals surface area contributed by atoms with Crippen molar-refractivity contribution in [2.45, 2.75) is 52.5 Å². The first-order valence-corrected chi connectivity index (χ1v) is 11.2. The minimum Gasteiger partial charge on any atom is -0.491 e. The van der Waals surface area contributed by atoms with E-state index in [-0.39, 0.29) is 49.0 Å². The molecule has 1 aliphatic rings. The monoisotopic (exact) mass is 489 g/mol. The van der Waals surface area contributed by atoms with Gasteiger partial charge in [0, 0.05) is 17.2 Å². The molecular formula is C24H32ClN5O4. The molecule has 0 saturated heterocycles. The van der Waals surface area contributed by atoms with Crippen molar-refractivity contribution in [1.29, 1.82) is 5.41 Å². The number of carbonyl (C=O) groups is 1. The second-order valence-corrected chi connectivity index (χ2v) is 9.63. The van der Waals surface area contributed by atoms with Crippen LogP contribution in [0.5, 0.6) is 11.6 Å². The van der Waals surface area contributed by atoms with E-state index < -0.39 is 0 Å². The Kier molecular flexibility index (Phi) is 7.67. The second kappa shape index (κ2) is 10.1. The van der Waals surface area contributed by atoms with Crippen molar-refractivity contribution in [1.82, 2.24) is 19.4 Å². The molecule has 1 aromatic carbocycles. The Morgan fingerprint density at radius 3 is 2.56 bits per heavy atom. The van der Waals surface area contributed by atoms with Gasteiger partial charge < -0.3 is 14.6 Å². The zero-order valence-corrected chi connectivity index (χ0v) is 20.8. The number of Topliss-reactive ketones (excluding diaryl/α,β-unsaturated/α-hetero) is 1. The van der Waals surface area contributed by atoms with Crippen molar-refractivity contribution in [2.75, 3.05) is 19.8 Å². The molecule has 1 fully saturated rings. The van der Waals surface area contributed by atoms with Gasteiger partial charge in [0.05, 0.1) is 13.2 Å². The number of hydrogen-bond acceptors (Lipinski definition) is 7. The van der Waals surface area contributed by atoms with E-state index in [0.717, 1.165) is 11.1 Å². The highest BCUT2D eigenvalue weighted by Crippen LogP contribution is 2.30. The Balaban J connectivity index is 0.00000324. The van der Waals surface area contributed by atoms with Crippen LogP contribution in [0.2, 0.25) is 0 Å². The fraction of sp³-hybridized carbons (Fsp3) is 0.500. The van der Waals surface area contributed by atoms with E-state index in [1.165, 1.54) is 22.0 Å². The largest absolute Gasteiger partial charge is 0.491 e. The van der Waals surface area contributed by atoms with E-state index in [2.05, 4.69) is 31.0 Å². The van der Waals surface area contributed by atoms with Gasteiger partial charge in [0.1, 0.15) is 18.9 Å². The first-order chi connectivity index (χ1) is 15.7. The number of nitrogens with zero attached hydrogens (tertiary/aromatic N) is 4. The predicted molar refractivity (Wildman–Crippen MR) is 129 cm³/mol. The van der Waals surface area contributed by atoms with Crippen molar-refractivity contribution in [3.05, 3.63) is 46.6 Å². The lowest BCUT2D eigenvalue weighted by molar-refractivity contribution is 0.0965. The SMILES string of the molecule is Cc1cc(OCC2CC2)nn2c(=N)n(CC(=O)c3cc(OCCO)cc(C(C)(C)C)c3)nc12.Cl. The van der Waals surface area contributed by atoms with Crippen molar-refractivity contribution in [2.24, 2.45) is 5.92 Å². The number of nitrogens with one attached hydrogen (secondary N) is 1. The molecule has 10 heteroatoms. The molecule has 0 amide bonds. The van der Waals surface area contributed by atoms with Crippen LogP contribution in [0.15, 0.2) is 24.3 Å². The topological polar surface area (TPSA) is 115 Å². The number of benzene rings is 1. The lowest BCUT2D eigenvalue weighted by Crippen LogP contribution is -2.26. The lowest BCUT2D eigenvalue weighted by atomic mass is 9.85. The fourth-order valence-electron chi connectivity index (χ4n) is 3.47. The minimum atomic E-state index is -0.195. The minimum absolute atomic E-state index is 0. The summed E-state index contributed by atoms with van der Waals surface area (Å²) in [5.41, 5.74) is 2.57. The Morgan fingerprint density at radius 2 is 1.91 bits per heavy atom. The maximum atomic E-state index is 13.2. The van der Waals surface area contributed by atoms with Crippen molar-refractivity contribution < 1.29 is 19.4 Å². The Morgan fingerprint density at radius 1 is 1.18 bits per heavy atom. The zero-order chi connectivity index (χ0) is 23.8. The molecule has 4 rings (SSSR count). The number of aliphatic hydroxyl groups excluding tert-OH is 1. The molecular weight excluding hydrogens is 458 g/mol. The number of aryl methyl sites for hydroxylation is 1. The average molecular weight is 490 g/mol. The van der Waals surface area contributed by atoms with Gasteiger partial charge in [-0.25, -0.2) is 4.68 Å². The van der Waals surface area contributed by atoms with Crippen LogP contribution in [0.1, 0.15) is 55.1 Å². The van der Waals surface area contributed by atoms with Gasteiger partial charge in [-0.15, -0.1) is 22.6 Å². The Hall–Kier alpha value is -2.91. The summed E-state index contributed by atoms with van der Waals surface area (Å²) in [7, 11) is 0. The summed E-state index contributed by atoms with van der Waals surface area (Å²) in [5, 5.41) is 26.5. The third kappa shape index (κ3) is 5.77. The van der Waals surface area contributed by atoms with Gasteiger partial charge in [-0.3, -0.25) is 10.2 Å². The molecule has 0 bridgehead atoms. The zero-order valence-electron chi connectivity index (χ0n) is 20.0. The van der Waals surface area contributed by atoms with Crippen LogP contribution >= 0.6 is 12.4 Å². The average Bonchev–Trinajstić information content (AvgIpc) is 3.55. The van der Waals surface area contributed by atoms with Crippen LogP contribution in [0.3, 0.4) is 0 Å². The quantitative estimate of drug-likeness (QED) is 0.446. The summed E-state index contributed by atoms with van der Waals surface area (Å²) < 4.78 is 14.1. The molecule has 1 aliphatic carbocycles.